The lowest BCUT2D eigenvalue weighted by atomic mass is 9.78. The number of rotatable bonds is 6. The van der Waals surface area contributed by atoms with Crippen molar-refractivity contribution >= 4 is 11.9 Å². The normalized spacial score (nSPS) is 29.1. The highest BCUT2D eigenvalue weighted by atomic mass is 16.7. The Hall–Kier alpha value is -1.74. The molecule has 0 saturated carbocycles. The minimum absolute atomic E-state index is 0.140. The molecule has 3 rings (SSSR count). The lowest BCUT2D eigenvalue weighted by molar-refractivity contribution is -0.274. The van der Waals surface area contributed by atoms with Gasteiger partial charge in [-0.2, -0.15) is 0 Å². The Labute approximate surface area is 202 Å². The van der Waals surface area contributed by atoms with Crippen LogP contribution >= 0.6 is 0 Å². The van der Waals surface area contributed by atoms with E-state index in [-0.39, 0.29) is 23.7 Å². The third-order valence-corrected chi connectivity index (χ3v) is 6.43. The minimum Gasteiger partial charge on any atom is -0.422 e. The summed E-state index contributed by atoms with van der Waals surface area (Å²) < 4.78 is 34.1. The molecule has 3 saturated heterocycles. The molecule has 192 valence electrons. The number of carbonyl (C=O) groups excluding carboxylic acids is 2. The molecule has 0 aromatic rings. The molecule has 3 aliphatic heterocycles. The molecule has 0 atom stereocenters. The summed E-state index contributed by atoms with van der Waals surface area (Å²) >= 11 is 0. The number of carbonyl (C=O) groups is 2. The lowest BCUT2D eigenvalue weighted by Crippen LogP contribution is -2.53. The topological polar surface area (TPSA) is 89.5 Å². The minimum atomic E-state index is -1.47. The van der Waals surface area contributed by atoms with Gasteiger partial charge in [-0.1, -0.05) is 38.2 Å². The van der Waals surface area contributed by atoms with Crippen molar-refractivity contribution < 1.29 is 38.0 Å². The van der Waals surface area contributed by atoms with Gasteiger partial charge in [0.25, 0.3) is 5.79 Å². The van der Waals surface area contributed by atoms with Crippen LogP contribution in [0, 0.1) is 16.2 Å². The number of hydrogen-bond acceptors (Lipinski definition) is 8. The molecule has 3 fully saturated rings. The van der Waals surface area contributed by atoms with Crippen LogP contribution < -0.4 is 0 Å². The Kier molecular flexibility index (Phi) is 7.14. The molecule has 0 bridgehead atoms. The molecule has 0 radical (unpaired) electrons. The monoisotopic (exact) mass is 480 g/mol. The fraction of sp³-hybridized carbons (Fsp3) is 0.769. The van der Waals surface area contributed by atoms with Crippen molar-refractivity contribution in [2.24, 2.45) is 16.2 Å². The van der Waals surface area contributed by atoms with Crippen molar-refractivity contribution in [3.63, 3.8) is 0 Å². The van der Waals surface area contributed by atoms with E-state index in [2.05, 4.69) is 0 Å². The molecule has 0 amide bonds. The van der Waals surface area contributed by atoms with E-state index in [0.29, 0.717) is 26.4 Å². The van der Waals surface area contributed by atoms with Gasteiger partial charge < -0.3 is 28.4 Å². The van der Waals surface area contributed by atoms with E-state index in [1.54, 1.807) is 13.8 Å². The van der Waals surface area contributed by atoms with E-state index in [1.807, 2.05) is 65.8 Å². The maximum absolute atomic E-state index is 13.1. The maximum Gasteiger partial charge on any atom is 0.327 e. The van der Waals surface area contributed by atoms with Crippen LogP contribution in [0.25, 0.3) is 0 Å². The van der Waals surface area contributed by atoms with E-state index in [1.165, 1.54) is 0 Å². The highest BCUT2D eigenvalue weighted by Gasteiger charge is 2.55. The number of hydrogen-bond donors (Lipinski definition) is 0. The SMILES string of the molecule is CC1(/C=C/CC2(C/C=C/C3(C)COC(C)(C)OC3)C(=O)OC(C)(C)OC2=O)COC(C)(C)OC1. The summed E-state index contributed by atoms with van der Waals surface area (Å²) in [5.41, 5.74) is -2.21. The van der Waals surface area contributed by atoms with E-state index >= 15 is 0 Å². The van der Waals surface area contributed by atoms with Gasteiger partial charge in [0.2, 0.25) is 0 Å². The molecule has 0 spiro atoms. The van der Waals surface area contributed by atoms with Crippen molar-refractivity contribution in [2.75, 3.05) is 26.4 Å². The average Bonchev–Trinajstić information content (AvgIpc) is 2.70. The third-order valence-electron chi connectivity index (χ3n) is 6.43. The molecule has 0 aromatic carbocycles. The van der Waals surface area contributed by atoms with Crippen molar-refractivity contribution in [1.29, 1.82) is 0 Å². The molecule has 0 unspecified atom stereocenters. The van der Waals surface area contributed by atoms with Crippen LogP contribution in [0.1, 0.15) is 68.2 Å². The van der Waals surface area contributed by atoms with Crippen LogP contribution in [0.15, 0.2) is 24.3 Å². The van der Waals surface area contributed by atoms with Gasteiger partial charge in [-0.25, -0.2) is 0 Å². The highest BCUT2D eigenvalue weighted by Crippen LogP contribution is 2.41. The summed E-state index contributed by atoms with van der Waals surface area (Å²) in [6.45, 7) is 16.5. The van der Waals surface area contributed by atoms with Gasteiger partial charge in [0.05, 0.1) is 26.4 Å². The molecule has 0 N–H and O–H groups in total. The molecule has 0 aromatic heterocycles. The summed E-state index contributed by atoms with van der Waals surface area (Å²) in [6, 6.07) is 0. The first kappa shape index (κ1) is 26.9. The van der Waals surface area contributed by atoms with Gasteiger partial charge in [0.15, 0.2) is 17.0 Å². The molecule has 3 aliphatic rings. The summed E-state index contributed by atoms with van der Waals surface area (Å²) in [4.78, 5) is 26.3. The highest BCUT2D eigenvalue weighted by molar-refractivity contribution is 6.02. The second-order valence-corrected chi connectivity index (χ2v) is 11.7. The fourth-order valence-electron chi connectivity index (χ4n) is 3.97. The van der Waals surface area contributed by atoms with Gasteiger partial charge in [-0.05, 0) is 40.5 Å². The molecular formula is C26H40O8. The van der Waals surface area contributed by atoms with Crippen molar-refractivity contribution in [3.05, 3.63) is 24.3 Å². The van der Waals surface area contributed by atoms with E-state index in [9.17, 15) is 9.59 Å². The zero-order valence-electron chi connectivity index (χ0n) is 21.8. The second kappa shape index (κ2) is 9.04. The van der Waals surface area contributed by atoms with Gasteiger partial charge in [-0.3, -0.25) is 9.59 Å². The van der Waals surface area contributed by atoms with E-state index in [4.69, 9.17) is 28.4 Å². The average molecular weight is 481 g/mol. The predicted molar refractivity (Wildman–Crippen MR) is 124 cm³/mol. The summed E-state index contributed by atoms with van der Waals surface area (Å²) in [5, 5.41) is 0. The smallest absolute Gasteiger partial charge is 0.327 e. The van der Waals surface area contributed by atoms with Crippen LogP contribution in [-0.2, 0) is 38.0 Å². The zero-order valence-corrected chi connectivity index (χ0v) is 21.8. The fourth-order valence-corrected chi connectivity index (χ4v) is 3.97. The van der Waals surface area contributed by atoms with Crippen molar-refractivity contribution in [3.8, 4) is 0 Å². The zero-order chi connectivity index (χ0) is 25.5. The van der Waals surface area contributed by atoms with E-state index in [0.717, 1.165) is 0 Å². The van der Waals surface area contributed by atoms with Gasteiger partial charge in [-0.15, -0.1) is 0 Å². The summed E-state index contributed by atoms with van der Waals surface area (Å²) in [6.07, 6.45) is 7.83. The number of esters is 2. The van der Waals surface area contributed by atoms with E-state index < -0.39 is 34.7 Å². The quantitative estimate of drug-likeness (QED) is 0.316. The molecule has 0 aliphatic carbocycles. The molecule has 8 nitrogen and oxygen atoms in total. The first-order chi connectivity index (χ1) is 15.5. The Morgan fingerprint density at radius 1 is 0.588 bits per heavy atom. The first-order valence-electron chi connectivity index (χ1n) is 11.9. The van der Waals surface area contributed by atoms with Crippen molar-refractivity contribution in [1.82, 2.24) is 0 Å². The van der Waals surface area contributed by atoms with Gasteiger partial charge in [0, 0.05) is 24.7 Å². The Morgan fingerprint density at radius 2 is 0.912 bits per heavy atom. The van der Waals surface area contributed by atoms with Crippen molar-refractivity contribution in [2.45, 2.75) is 85.6 Å². The largest absolute Gasteiger partial charge is 0.422 e. The number of ether oxygens (including phenoxy) is 6. The predicted octanol–water partition coefficient (Wildman–Crippen LogP) is 4.28. The molecule has 8 heteroatoms. The molecule has 34 heavy (non-hydrogen) atoms. The van der Waals surface area contributed by atoms with Crippen LogP contribution in [0.5, 0.6) is 0 Å². The Bertz CT molecular complexity index is 763. The second-order valence-electron chi connectivity index (χ2n) is 11.7. The van der Waals surface area contributed by atoms with Crippen LogP contribution in [0.4, 0.5) is 0 Å². The molecular weight excluding hydrogens is 440 g/mol. The number of cyclic esters (lactones) is 2. The molecule has 3 heterocycles. The van der Waals surface area contributed by atoms with Crippen LogP contribution in [-0.4, -0.2) is 55.7 Å². The van der Waals surface area contributed by atoms with Gasteiger partial charge in [0.1, 0.15) is 0 Å². The number of allylic oxidation sites excluding steroid dienone is 2. The maximum atomic E-state index is 13.1. The summed E-state index contributed by atoms with van der Waals surface area (Å²) in [5.74, 6) is -3.73. The van der Waals surface area contributed by atoms with Crippen LogP contribution in [0.2, 0.25) is 0 Å². The summed E-state index contributed by atoms with van der Waals surface area (Å²) in [7, 11) is 0. The lowest BCUT2D eigenvalue weighted by Gasteiger charge is -2.41. The third kappa shape index (κ3) is 6.27. The van der Waals surface area contributed by atoms with Crippen LogP contribution in [0.3, 0.4) is 0 Å². The Balaban J connectivity index is 1.76. The standard InChI is InChI=1S/C26H40O8/c1-21(2)29-15-24(7,16-30-21)11-9-13-26(19(27)33-23(5,6)34-20(26)28)14-10-12-25(8)17-31-22(3,4)32-18-25/h9-12H,13-18H2,1-8H3/b11-9+,12-10+. The van der Waals surface area contributed by atoms with Gasteiger partial charge >= 0.3 is 11.9 Å². The first-order valence-corrected chi connectivity index (χ1v) is 11.9. The Morgan fingerprint density at radius 3 is 1.24 bits per heavy atom.